The maximum atomic E-state index is 6.36. The lowest BCUT2D eigenvalue weighted by atomic mass is 9.74. The average Bonchev–Trinajstić information content (AvgIpc) is 3.55. The molecule has 3 heterocycles. The lowest BCUT2D eigenvalue weighted by molar-refractivity contribution is 0.173. The summed E-state index contributed by atoms with van der Waals surface area (Å²) in [7, 11) is 4.16. The van der Waals surface area contributed by atoms with Crippen LogP contribution in [-0.4, -0.2) is 40.6 Å². The molecule has 0 aromatic heterocycles. The molecule has 0 amide bonds. The molecule has 3 aliphatic heterocycles. The Balaban J connectivity index is 1.51. The number of anilines is 2. The molecule has 1 spiro atoms. The van der Waals surface area contributed by atoms with Crippen molar-refractivity contribution >= 4 is 11.4 Å². The van der Waals surface area contributed by atoms with Gasteiger partial charge >= 0.3 is 0 Å². The second kappa shape index (κ2) is 8.15. The highest BCUT2D eigenvalue weighted by Crippen LogP contribution is 2.56. The highest BCUT2D eigenvalue weighted by Gasteiger charge is 2.51. The molecular formula is C29H32N2O3. The van der Waals surface area contributed by atoms with Crippen molar-refractivity contribution in [3.05, 3.63) is 65.7 Å². The summed E-state index contributed by atoms with van der Waals surface area (Å²) in [5.74, 6) is 2.52. The van der Waals surface area contributed by atoms with Crippen LogP contribution in [0, 0.1) is 0 Å². The van der Waals surface area contributed by atoms with Crippen LogP contribution in [0.15, 0.2) is 54.6 Å². The molecule has 0 bridgehead atoms. The highest BCUT2D eigenvalue weighted by molar-refractivity contribution is 5.83. The van der Waals surface area contributed by atoms with Crippen molar-refractivity contribution in [1.82, 2.24) is 0 Å². The summed E-state index contributed by atoms with van der Waals surface area (Å²) in [6.07, 6.45) is 3.67. The van der Waals surface area contributed by atoms with Gasteiger partial charge in [-0.05, 0) is 47.4 Å². The average molecular weight is 457 g/mol. The Labute approximate surface area is 201 Å². The zero-order valence-corrected chi connectivity index (χ0v) is 20.3. The maximum Gasteiger partial charge on any atom is 0.231 e. The highest BCUT2D eigenvalue weighted by atomic mass is 16.7. The molecule has 0 fully saturated rings. The van der Waals surface area contributed by atoms with E-state index in [0.717, 1.165) is 30.3 Å². The molecule has 3 aromatic rings. The standard InChI is InChI=1S/C29H32N2O3/c1-4-5-6-14-31-17-29(18-32-25-16-27-26(15-23(25)29)33-19-34-27)28-22(8-7-9-24(28)31)20-10-12-21(13-11-20)30(2)3/h7-13,15-16H,4-6,14,17-19H2,1-3H3. The molecule has 6 rings (SSSR count). The van der Waals surface area contributed by atoms with Gasteiger partial charge in [0.05, 0.1) is 5.41 Å². The third-order valence-electron chi connectivity index (χ3n) is 7.51. The summed E-state index contributed by atoms with van der Waals surface area (Å²) in [5, 5.41) is 0. The zero-order valence-electron chi connectivity index (χ0n) is 20.3. The van der Waals surface area contributed by atoms with Crippen LogP contribution >= 0.6 is 0 Å². The second-order valence-corrected chi connectivity index (χ2v) is 9.84. The van der Waals surface area contributed by atoms with Crippen molar-refractivity contribution in [1.29, 1.82) is 0 Å². The Hall–Kier alpha value is -3.34. The Kier molecular flexibility index (Phi) is 5.09. The second-order valence-electron chi connectivity index (χ2n) is 9.84. The van der Waals surface area contributed by atoms with Crippen LogP contribution in [0.3, 0.4) is 0 Å². The first-order chi connectivity index (χ1) is 16.6. The predicted molar refractivity (Wildman–Crippen MR) is 137 cm³/mol. The number of nitrogens with zero attached hydrogens (tertiary/aromatic N) is 2. The van der Waals surface area contributed by atoms with Crippen molar-refractivity contribution in [2.45, 2.75) is 31.6 Å². The van der Waals surface area contributed by atoms with Crippen LogP contribution in [0.25, 0.3) is 11.1 Å². The number of hydrogen-bond donors (Lipinski definition) is 0. The largest absolute Gasteiger partial charge is 0.492 e. The number of fused-ring (bicyclic) bond motifs is 5. The van der Waals surface area contributed by atoms with Crippen LogP contribution in [-0.2, 0) is 5.41 Å². The molecule has 0 N–H and O–H groups in total. The van der Waals surface area contributed by atoms with Gasteiger partial charge in [-0.15, -0.1) is 0 Å². The van der Waals surface area contributed by atoms with E-state index < -0.39 is 0 Å². The van der Waals surface area contributed by atoms with E-state index >= 15 is 0 Å². The minimum absolute atomic E-state index is 0.228. The molecule has 0 saturated heterocycles. The molecular weight excluding hydrogens is 424 g/mol. The minimum atomic E-state index is -0.228. The molecule has 3 aromatic carbocycles. The van der Waals surface area contributed by atoms with E-state index in [9.17, 15) is 0 Å². The van der Waals surface area contributed by atoms with E-state index in [1.807, 2.05) is 6.07 Å². The van der Waals surface area contributed by atoms with Gasteiger partial charge in [-0.25, -0.2) is 0 Å². The van der Waals surface area contributed by atoms with E-state index in [1.54, 1.807) is 0 Å². The number of hydrogen-bond acceptors (Lipinski definition) is 5. The predicted octanol–water partition coefficient (Wildman–Crippen LogP) is 5.84. The van der Waals surface area contributed by atoms with Crippen LogP contribution < -0.4 is 24.0 Å². The molecule has 34 heavy (non-hydrogen) atoms. The topological polar surface area (TPSA) is 34.2 Å². The number of benzene rings is 3. The SMILES string of the molecule is CCCCCN1CC2(COc3cc4c(cc32)OCO4)c2c(-c3ccc(N(C)C)cc3)cccc21. The van der Waals surface area contributed by atoms with Crippen LogP contribution in [0.2, 0.25) is 0 Å². The molecule has 5 nitrogen and oxygen atoms in total. The molecule has 5 heteroatoms. The fourth-order valence-electron chi connectivity index (χ4n) is 5.76. The Morgan fingerprint density at radius 1 is 0.912 bits per heavy atom. The van der Waals surface area contributed by atoms with Gasteiger partial charge < -0.3 is 24.0 Å². The van der Waals surface area contributed by atoms with Gasteiger partial charge in [0.25, 0.3) is 0 Å². The van der Waals surface area contributed by atoms with Gasteiger partial charge in [-0.1, -0.05) is 44.0 Å². The Morgan fingerprint density at radius 3 is 2.47 bits per heavy atom. The Morgan fingerprint density at radius 2 is 1.71 bits per heavy atom. The van der Waals surface area contributed by atoms with E-state index in [2.05, 4.69) is 79.3 Å². The van der Waals surface area contributed by atoms with Crippen molar-refractivity contribution in [2.24, 2.45) is 0 Å². The van der Waals surface area contributed by atoms with Crippen molar-refractivity contribution < 1.29 is 14.2 Å². The normalized spacial score (nSPS) is 19.3. The summed E-state index contributed by atoms with van der Waals surface area (Å²) in [6, 6.07) is 19.8. The third kappa shape index (κ3) is 3.21. The first-order valence-electron chi connectivity index (χ1n) is 12.3. The van der Waals surface area contributed by atoms with Crippen LogP contribution in [0.5, 0.6) is 17.2 Å². The van der Waals surface area contributed by atoms with Crippen molar-refractivity contribution in [2.75, 3.05) is 50.4 Å². The number of rotatable bonds is 6. The smallest absolute Gasteiger partial charge is 0.231 e. The summed E-state index contributed by atoms with van der Waals surface area (Å²) in [4.78, 5) is 4.71. The lowest BCUT2D eigenvalue weighted by Gasteiger charge is -2.26. The quantitative estimate of drug-likeness (QED) is 0.436. The van der Waals surface area contributed by atoms with Crippen molar-refractivity contribution in [3.8, 4) is 28.4 Å². The Bertz CT molecular complexity index is 1220. The molecule has 176 valence electrons. The molecule has 1 atom stereocenters. The minimum Gasteiger partial charge on any atom is -0.492 e. The summed E-state index contributed by atoms with van der Waals surface area (Å²) >= 11 is 0. The van der Waals surface area contributed by atoms with Crippen molar-refractivity contribution in [3.63, 3.8) is 0 Å². The van der Waals surface area contributed by atoms with E-state index in [1.165, 1.54) is 52.9 Å². The van der Waals surface area contributed by atoms with E-state index in [0.29, 0.717) is 6.61 Å². The van der Waals surface area contributed by atoms with Gasteiger partial charge in [0.2, 0.25) is 6.79 Å². The van der Waals surface area contributed by atoms with E-state index in [4.69, 9.17) is 14.2 Å². The maximum absolute atomic E-state index is 6.36. The van der Waals surface area contributed by atoms with Gasteiger partial charge in [-0.3, -0.25) is 0 Å². The third-order valence-corrected chi connectivity index (χ3v) is 7.51. The molecule has 3 aliphatic rings. The number of unbranched alkanes of at least 4 members (excludes halogenated alkanes) is 2. The number of ether oxygens (including phenoxy) is 3. The molecule has 1 unspecified atom stereocenters. The zero-order chi connectivity index (χ0) is 23.3. The van der Waals surface area contributed by atoms with Gasteiger partial charge in [0.15, 0.2) is 11.5 Å². The summed E-state index contributed by atoms with van der Waals surface area (Å²) in [5.41, 5.74) is 7.43. The lowest BCUT2D eigenvalue weighted by Crippen LogP contribution is -2.36. The van der Waals surface area contributed by atoms with Gasteiger partial charge in [0.1, 0.15) is 12.4 Å². The van der Waals surface area contributed by atoms with Gasteiger partial charge in [0, 0.05) is 50.2 Å². The fraction of sp³-hybridized carbons (Fsp3) is 0.379. The fourth-order valence-corrected chi connectivity index (χ4v) is 5.76. The van der Waals surface area contributed by atoms with E-state index in [-0.39, 0.29) is 12.2 Å². The van der Waals surface area contributed by atoms with Crippen LogP contribution in [0.4, 0.5) is 11.4 Å². The molecule has 0 radical (unpaired) electrons. The van der Waals surface area contributed by atoms with Gasteiger partial charge in [-0.2, -0.15) is 0 Å². The summed E-state index contributed by atoms with van der Waals surface area (Å²) in [6.45, 7) is 5.15. The first kappa shape index (κ1) is 21.2. The first-order valence-corrected chi connectivity index (χ1v) is 12.3. The molecule has 0 saturated carbocycles. The monoisotopic (exact) mass is 456 g/mol. The van der Waals surface area contributed by atoms with Crippen LogP contribution in [0.1, 0.15) is 37.3 Å². The molecule has 0 aliphatic carbocycles. The summed E-state index contributed by atoms with van der Waals surface area (Å²) < 4.78 is 17.8.